The van der Waals surface area contributed by atoms with Crippen molar-refractivity contribution in [3.8, 4) is 5.75 Å². The molecule has 1 amide bonds. The zero-order valence-electron chi connectivity index (χ0n) is 20.5. The van der Waals surface area contributed by atoms with Crippen LogP contribution in [0.1, 0.15) is 55.4 Å². The number of amides is 1. The van der Waals surface area contributed by atoms with Gasteiger partial charge in [0.15, 0.2) is 5.13 Å². The van der Waals surface area contributed by atoms with E-state index >= 15 is 0 Å². The second-order valence-corrected chi connectivity index (χ2v) is 11.7. The summed E-state index contributed by atoms with van der Waals surface area (Å²) in [5.41, 5.74) is 0.651. The Morgan fingerprint density at radius 3 is 2.83 bits per heavy atom. The Labute approximate surface area is 214 Å². The van der Waals surface area contributed by atoms with E-state index in [1.807, 2.05) is 19.1 Å². The second kappa shape index (κ2) is 9.53. The largest absolute Gasteiger partial charge is 0.508 e. The lowest BCUT2D eigenvalue weighted by Gasteiger charge is -2.58. The van der Waals surface area contributed by atoms with Crippen molar-refractivity contribution in [3.63, 3.8) is 0 Å². The molecule has 1 aromatic carbocycles. The van der Waals surface area contributed by atoms with Crippen molar-refractivity contribution >= 4 is 28.1 Å². The molecule has 5 rings (SSSR count). The number of aromatic hydroxyl groups is 1. The molecule has 5 atom stereocenters. The molecule has 2 aromatic heterocycles. The van der Waals surface area contributed by atoms with Gasteiger partial charge in [0.05, 0.1) is 31.2 Å². The summed E-state index contributed by atoms with van der Waals surface area (Å²) in [6, 6.07) is 10.5. The number of rotatable bonds is 7. The number of fused-ring (bicyclic) bond motifs is 2. The summed E-state index contributed by atoms with van der Waals surface area (Å²) >= 11 is 1.53. The van der Waals surface area contributed by atoms with Crippen LogP contribution in [-0.4, -0.2) is 38.9 Å². The van der Waals surface area contributed by atoms with Gasteiger partial charge in [-0.25, -0.2) is 4.98 Å². The molecule has 2 aliphatic carbocycles. The highest BCUT2D eigenvalue weighted by atomic mass is 32.1. The van der Waals surface area contributed by atoms with Gasteiger partial charge in [0.2, 0.25) is 5.91 Å². The van der Waals surface area contributed by atoms with Gasteiger partial charge >= 0.3 is 0 Å². The summed E-state index contributed by atoms with van der Waals surface area (Å²) in [7, 11) is 0. The fraction of sp³-hybridized carbons (Fsp3) is 0.481. The van der Waals surface area contributed by atoms with Crippen LogP contribution in [0.15, 0.2) is 47.1 Å². The van der Waals surface area contributed by atoms with Crippen molar-refractivity contribution < 1.29 is 24.5 Å². The third kappa shape index (κ3) is 4.40. The monoisotopic (exact) mass is 511 g/mol. The molecule has 0 bridgehead atoms. The third-order valence-electron chi connectivity index (χ3n) is 8.42. The highest BCUT2D eigenvalue weighted by molar-refractivity contribution is 7.15. The SMILES string of the molecule is C[C@]1(CO)[C@H]2Cc3sc(Nc4cccc(O)c4)nc3[C@@H](CC(=O)NCc3ccco3)[C@]2(C)CC[C@H]1O. The number of nitrogens with one attached hydrogen (secondary N) is 2. The van der Waals surface area contributed by atoms with Crippen molar-refractivity contribution in [3.05, 3.63) is 59.0 Å². The molecule has 5 N–H and O–H groups in total. The number of nitrogens with zero attached hydrogens (tertiary/aromatic N) is 1. The summed E-state index contributed by atoms with van der Waals surface area (Å²) in [4.78, 5) is 19.2. The standard InChI is InChI=1S/C27H33N3O5S/c1-26-9-8-22(33)27(2,15-31)21(26)13-20-24(19(26)12-23(34)28-14-18-7-4-10-35-18)30-25(36-20)29-16-5-3-6-17(32)11-16/h3-7,10-11,19,21-22,31-33H,8-9,12-15H2,1-2H3,(H,28,34)(H,29,30)/t19-,21+,22-,26+,27+/m1/s1. The van der Waals surface area contributed by atoms with Crippen LogP contribution >= 0.6 is 11.3 Å². The number of carbonyl (C=O) groups excluding carboxylic acids is 1. The number of carbonyl (C=O) groups is 1. The first-order valence-electron chi connectivity index (χ1n) is 12.4. The number of thiazole rings is 1. The molecule has 9 heteroatoms. The molecule has 192 valence electrons. The number of phenols is 1. The number of phenolic OH excluding ortho intramolecular Hbond substituents is 1. The van der Waals surface area contributed by atoms with Crippen LogP contribution in [0.25, 0.3) is 0 Å². The average molecular weight is 512 g/mol. The van der Waals surface area contributed by atoms with Gasteiger partial charge in [0, 0.05) is 34.4 Å². The van der Waals surface area contributed by atoms with E-state index in [1.54, 1.807) is 30.5 Å². The molecule has 0 spiro atoms. The van der Waals surface area contributed by atoms with Gasteiger partial charge < -0.3 is 30.4 Å². The van der Waals surface area contributed by atoms with Crippen LogP contribution in [0.2, 0.25) is 0 Å². The summed E-state index contributed by atoms with van der Waals surface area (Å²) in [6.07, 6.45) is 3.24. The normalized spacial score (nSPS) is 29.3. The van der Waals surface area contributed by atoms with Crippen LogP contribution in [-0.2, 0) is 17.8 Å². The maximum absolute atomic E-state index is 13.1. The highest BCUT2D eigenvalue weighted by Gasteiger charge is 2.59. The molecular formula is C27H33N3O5S. The lowest BCUT2D eigenvalue weighted by atomic mass is 9.47. The first-order valence-corrected chi connectivity index (χ1v) is 13.2. The molecule has 0 saturated heterocycles. The van der Waals surface area contributed by atoms with Crippen molar-refractivity contribution in [1.82, 2.24) is 10.3 Å². The van der Waals surface area contributed by atoms with E-state index in [2.05, 4.69) is 17.6 Å². The molecular weight excluding hydrogens is 478 g/mol. The van der Waals surface area contributed by atoms with E-state index in [0.717, 1.165) is 22.7 Å². The topological polar surface area (TPSA) is 128 Å². The van der Waals surface area contributed by atoms with Crippen molar-refractivity contribution in [1.29, 1.82) is 0 Å². The molecule has 1 fully saturated rings. The Kier molecular flexibility index (Phi) is 6.57. The minimum Gasteiger partial charge on any atom is -0.508 e. The lowest BCUT2D eigenvalue weighted by molar-refractivity contribution is -0.144. The number of aliphatic hydroxyl groups excluding tert-OH is 2. The number of hydrogen-bond acceptors (Lipinski definition) is 8. The molecule has 0 radical (unpaired) electrons. The number of furan rings is 1. The number of benzene rings is 1. The summed E-state index contributed by atoms with van der Waals surface area (Å²) < 4.78 is 5.35. The molecule has 0 unspecified atom stereocenters. The highest BCUT2D eigenvalue weighted by Crippen LogP contribution is 2.62. The smallest absolute Gasteiger partial charge is 0.221 e. The number of anilines is 2. The van der Waals surface area contributed by atoms with E-state index in [9.17, 15) is 20.1 Å². The van der Waals surface area contributed by atoms with Crippen LogP contribution < -0.4 is 10.6 Å². The minimum absolute atomic E-state index is 0.0109. The van der Waals surface area contributed by atoms with Crippen molar-refractivity contribution in [2.75, 3.05) is 11.9 Å². The Morgan fingerprint density at radius 2 is 2.11 bits per heavy atom. The van der Waals surface area contributed by atoms with Gasteiger partial charge in [0.1, 0.15) is 11.5 Å². The minimum atomic E-state index is -0.670. The Hall–Kier alpha value is -2.88. The van der Waals surface area contributed by atoms with Gasteiger partial charge in [-0.05, 0) is 54.9 Å². The van der Waals surface area contributed by atoms with Gasteiger partial charge in [-0.2, -0.15) is 0 Å². The van der Waals surface area contributed by atoms with E-state index < -0.39 is 11.5 Å². The van der Waals surface area contributed by atoms with Crippen molar-refractivity contribution in [2.24, 2.45) is 16.7 Å². The lowest BCUT2D eigenvalue weighted by Crippen LogP contribution is -2.57. The molecule has 1 saturated carbocycles. The summed E-state index contributed by atoms with van der Waals surface area (Å²) in [6.45, 7) is 4.35. The Morgan fingerprint density at radius 1 is 1.28 bits per heavy atom. The predicted octanol–water partition coefficient (Wildman–Crippen LogP) is 4.31. The van der Waals surface area contributed by atoms with E-state index in [0.29, 0.717) is 30.3 Å². The summed E-state index contributed by atoms with van der Waals surface area (Å²) in [5, 5.41) is 38.1. The van der Waals surface area contributed by atoms with Gasteiger partial charge in [-0.1, -0.05) is 19.9 Å². The second-order valence-electron chi connectivity index (χ2n) is 10.6. The van der Waals surface area contributed by atoms with Gasteiger partial charge in [-0.3, -0.25) is 4.79 Å². The quantitative estimate of drug-likeness (QED) is 0.320. The van der Waals surface area contributed by atoms with E-state index in [-0.39, 0.29) is 41.9 Å². The first-order chi connectivity index (χ1) is 17.2. The van der Waals surface area contributed by atoms with Crippen LogP contribution in [0.5, 0.6) is 5.75 Å². The predicted molar refractivity (Wildman–Crippen MR) is 137 cm³/mol. The third-order valence-corrected chi connectivity index (χ3v) is 9.43. The molecule has 0 aliphatic heterocycles. The molecule has 2 aliphatic rings. The van der Waals surface area contributed by atoms with Gasteiger partial charge in [-0.15, -0.1) is 11.3 Å². The number of aliphatic hydroxyl groups is 2. The molecule has 3 aromatic rings. The van der Waals surface area contributed by atoms with Gasteiger partial charge in [0.25, 0.3) is 0 Å². The molecule has 36 heavy (non-hydrogen) atoms. The maximum Gasteiger partial charge on any atom is 0.221 e. The van der Waals surface area contributed by atoms with Crippen molar-refractivity contribution in [2.45, 2.75) is 58.1 Å². The number of hydrogen-bond donors (Lipinski definition) is 5. The van der Waals surface area contributed by atoms with Crippen LogP contribution in [0.4, 0.5) is 10.8 Å². The fourth-order valence-electron chi connectivity index (χ4n) is 6.26. The Balaban J connectivity index is 1.48. The van der Waals surface area contributed by atoms with E-state index in [4.69, 9.17) is 9.40 Å². The zero-order valence-corrected chi connectivity index (χ0v) is 21.3. The van der Waals surface area contributed by atoms with Crippen LogP contribution in [0, 0.1) is 16.7 Å². The fourth-order valence-corrected chi connectivity index (χ4v) is 7.35. The van der Waals surface area contributed by atoms with E-state index in [1.165, 1.54) is 11.3 Å². The number of aromatic nitrogens is 1. The maximum atomic E-state index is 13.1. The average Bonchev–Trinajstić information content (AvgIpc) is 3.51. The zero-order chi connectivity index (χ0) is 25.5. The first kappa shape index (κ1) is 24.8. The molecule has 8 nitrogen and oxygen atoms in total. The summed E-state index contributed by atoms with van der Waals surface area (Å²) in [5.74, 6) is 0.590. The van der Waals surface area contributed by atoms with Crippen LogP contribution in [0.3, 0.4) is 0 Å². The Bertz CT molecular complexity index is 1230. The molecule has 2 heterocycles.